The number of piperidine rings is 2. The van der Waals surface area contributed by atoms with E-state index in [0.717, 1.165) is 31.0 Å². The molecular weight excluding hydrogens is 212 g/mol. The molecule has 2 atom stereocenters. The summed E-state index contributed by atoms with van der Waals surface area (Å²) in [7, 11) is 0. The maximum Gasteiger partial charge on any atom is 0.0541 e. The molecule has 3 nitrogen and oxygen atoms in total. The number of nitrogens with zero attached hydrogens (tertiary/aromatic N) is 1. The average molecular weight is 238 g/mol. The van der Waals surface area contributed by atoms with Crippen molar-refractivity contribution in [2.75, 3.05) is 0 Å². The Morgan fingerprint density at radius 2 is 1.41 bits per heavy atom. The van der Waals surface area contributed by atoms with Crippen molar-refractivity contribution in [2.24, 2.45) is 5.73 Å². The van der Waals surface area contributed by atoms with Gasteiger partial charge >= 0.3 is 0 Å². The minimum Gasteiger partial charge on any atom is -0.393 e. The van der Waals surface area contributed by atoms with Gasteiger partial charge in [0.2, 0.25) is 0 Å². The van der Waals surface area contributed by atoms with Crippen LogP contribution in [0.5, 0.6) is 0 Å². The standard InChI is InChI=1S/C14H26N2O/c15-10-8-12-2-1-3-13(9-10)16(12)11-4-6-14(17)7-5-11/h10-14,17H,1-9,15H2. The van der Waals surface area contributed by atoms with Crippen LogP contribution in [0.25, 0.3) is 0 Å². The average Bonchev–Trinajstić information content (AvgIpc) is 2.29. The number of hydrogen-bond acceptors (Lipinski definition) is 3. The van der Waals surface area contributed by atoms with Gasteiger partial charge in [-0.25, -0.2) is 0 Å². The molecule has 3 rings (SSSR count). The molecule has 0 radical (unpaired) electrons. The molecule has 2 aliphatic heterocycles. The summed E-state index contributed by atoms with van der Waals surface area (Å²) < 4.78 is 0. The molecule has 3 fully saturated rings. The molecule has 98 valence electrons. The second kappa shape index (κ2) is 4.87. The van der Waals surface area contributed by atoms with Crippen molar-refractivity contribution >= 4 is 0 Å². The van der Waals surface area contributed by atoms with E-state index in [1.165, 1.54) is 44.9 Å². The number of nitrogens with two attached hydrogens (primary N) is 1. The molecule has 2 bridgehead atoms. The van der Waals surface area contributed by atoms with E-state index in [9.17, 15) is 5.11 Å². The van der Waals surface area contributed by atoms with Crippen LogP contribution in [-0.2, 0) is 0 Å². The number of hydrogen-bond donors (Lipinski definition) is 2. The van der Waals surface area contributed by atoms with E-state index in [1.807, 2.05) is 0 Å². The Labute approximate surface area is 104 Å². The lowest BCUT2D eigenvalue weighted by Crippen LogP contribution is -2.59. The summed E-state index contributed by atoms with van der Waals surface area (Å²) in [6, 6.07) is 2.67. The molecule has 0 amide bonds. The van der Waals surface area contributed by atoms with Crippen LogP contribution in [0, 0.1) is 0 Å². The molecule has 1 saturated carbocycles. The predicted molar refractivity (Wildman–Crippen MR) is 68.7 cm³/mol. The van der Waals surface area contributed by atoms with Crippen LogP contribution in [0.4, 0.5) is 0 Å². The number of aliphatic hydroxyl groups is 1. The zero-order valence-corrected chi connectivity index (χ0v) is 10.7. The van der Waals surface area contributed by atoms with E-state index in [1.54, 1.807) is 0 Å². The third-order valence-corrected chi connectivity index (χ3v) is 5.16. The van der Waals surface area contributed by atoms with Crippen LogP contribution in [-0.4, -0.2) is 40.3 Å². The summed E-state index contributed by atoms with van der Waals surface area (Å²) in [5.74, 6) is 0. The highest BCUT2D eigenvalue weighted by Crippen LogP contribution is 2.38. The first-order valence-corrected chi connectivity index (χ1v) is 7.45. The molecule has 3 N–H and O–H groups in total. The van der Waals surface area contributed by atoms with Gasteiger partial charge in [0.05, 0.1) is 6.10 Å². The molecule has 3 aliphatic rings. The summed E-state index contributed by atoms with van der Waals surface area (Å²) >= 11 is 0. The zero-order valence-electron chi connectivity index (χ0n) is 10.7. The molecule has 0 aromatic carbocycles. The summed E-state index contributed by atoms with van der Waals surface area (Å²) in [6.45, 7) is 0. The van der Waals surface area contributed by atoms with Gasteiger partial charge in [0.15, 0.2) is 0 Å². The monoisotopic (exact) mass is 238 g/mol. The smallest absolute Gasteiger partial charge is 0.0541 e. The van der Waals surface area contributed by atoms with E-state index in [2.05, 4.69) is 4.90 Å². The van der Waals surface area contributed by atoms with Crippen molar-refractivity contribution in [3.8, 4) is 0 Å². The van der Waals surface area contributed by atoms with Gasteiger partial charge in [-0.05, 0) is 51.4 Å². The lowest BCUT2D eigenvalue weighted by Gasteiger charge is -2.52. The Bertz CT molecular complexity index is 249. The van der Waals surface area contributed by atoms with Crippen LogP contribution >= 0.6 is 0 Å². The number of rotatable bonds is 1. The Kier molecular flexibility index (Phi) is 3.42. The van der Waals surface area contributed by atoms with Gasteiger partial charge in [-0.2, -0.15) is 0 Å². The fraction of sp³-hybridized carbons (Fsp3) is 1.00. The van der Waals surface area contributed by atoms with Gasteiger partial charge in [0.1, 0.15) is 0 Å². The van der Waals surface area contributed by atoms with E-state index < -0.39 is 0 Å². The minimum atomic E-state index is -0.0295. The van der Waals surface area contributed by atoms with Gasteiger partial charge < -0.3 is 10.8 Å². The molecular formula is C14H26N2O. The van der Waals surface area contributed by atoms with Gasteiger partial charge in [0, 0.05) is 24.2 Å². The number of fused-ring (bicyclic) bond motifs is 2. The van der Waals surface area contributed by atoms with E-state index in [0.29, 0.717) is 6.04 Å². The summed E-state index contributed by atoms with van der Waals surface area (Å²) in [5.41, 5.74) is 6.17. The maximum atomic E-state index is 9.63. The van der Waals surface area contributed by atoms with Crippen LogP contribution in [0.2, 0.25) is 0 Å². The molecule has 0 aromatic rings. The highest BCUT2D eigenvalue weighted by molar-refractivity contribution is 4.97. The first-order chi connectivity index (χ1) is 8.24. The fourth-order valence-corrected chi connectivity index (χ4v) is 4.41. The Hall–Kier alpha value is -0.120. The molecule has 0 aromatic heterocycles. The molecule has 0 spiro atoms. The van der Waals surface area contributed by atoms with Crippen molar-refractivity contribution in [1.29, 1.82) is 0 Å². The third-order valence-electron chi connectivity index (χ3n) is 5.16. The second-order valence-electron chi connectivity index (χ2n) is 6.38. The maximum absolute atomic E-state index is 9.63. The molecule has 2 heterocycles. The van der Waals surface area contributed by atoms with Crippen LogP contribution in [0.3, 0.4) is 0 Å². The van der Waals surface area contributed by atoms with Crippen LogP contribution in [0.15, 0.2) is 0 Å². The Balaban J connectivity index is 1.69. The highest BCUT2D eigenvalue weighted by Gasteiger charge is 2.41. The Morgan fingerprint density at radius 1 is 0.824 bits per heavy atom. The summed E-state index contributed by atoms with van der Waals surface area (Å²) in [6.07, 6.45) is 10.9. The number of aliphatic hydroxyl groups excluding tert-OH is 1. The van der Waals surface area contributed by atoms with E-state index in [-0.39, 0.29) is 6.10 Å². The molecule has 17 heavy (non-hydrogen) atoms. The van der Waals surface area contributed by atoms with Gasteiger partial charge in [-0.3, -0.25) is 4.90 Å². The molecule has 2 unspecified atom stereocenters. The lowest BCUT2D eigenvalue weighted by molar-refractivity contribution is -0.0307. The van der Waals surface area contributed by atoms with Crippen molar-refractivity contribution < 1.29 is 5.11 Å². The quantitative estimate of drug-likeness (QED) is 0.730. The predicted octanol–water partition coefficient (Wildman–Crippen LogP) is 1.63. The topological polar surface area (TPSA) is 49.5 Å². The minimum absolute atomic E-state index is 0.0295. The van der Waals surface area contributed by atoms with Gasteiger partial charge in [-0.15, -0.1) is 0 Å². The molecule has 3 heteroatoms. The third kappa shape index (κ3) is 2.38. The Morgan fingerprint density at radius 3 is 2.00 bits per heavy atom. The van der Waals surface area contributed by atoms with Crippen molar-refractivity contribution in [1.82, 2.24) is 4.90 Å². The van der Waals surface area contributed by atoms with Crippen LogP contribution < -0.4 is 5.73 Å². The molecule has 1 aliphatic carbocycles. The van der Waals surface area contributed by atoms with Crippen molar-refractivity contribution in [3.63, 3.8) is 0 Å². The van der Waals surface area contributed by atoms with Gasteiger partial charge in [0.25, 0.3) is 0 Å². The fourth-order valence-electron chi connectivity index (χ4n) is 4.41. The summed E-state index contributed by atoms with van der Waals surface area (Å²) in [5, 5.41) is 9.63. The van der Waals surface area contributed by atoms with Crippen LogP contribution in [0.1, 0.15) is 57.8 Å². The van der Waals surface area contributed by atoms with E-state index >= 15 is 0 Å². The second-order valence-corrected chi connectivity index (χ2v) is 6.38. The molecule has 2 saturated heterocycles. The SMILES string of the molecule is NC1CC2CCCC(C1)N2C1CCC(O)CC1. The largest absolute Gasteiger partial charge is 0.393 e. The zero-order chi connectivity index (χ0) is 11.8. The lowest BCUT2D eigenvalue weighted by atomic mass is 9.78. The first-order valence-electron chi connectivity index (χ1n) is 7.45. The van der Waals surface area contributed by atoms with E-state index in [4.69, 9.17) is 5.73 Å². The van der Waals surface area contributed by atoms with Crippen molar-refractivity contribution in [2.45, 2.75) is 88.1 Å². The highest BCUT2D eigenvalue weighted by atomic mass is 16.3. The normalized spacial score (nSPS) is 48.0. The van der Waals surface area contributed by atoms with Gasteiger partial charge in [-0.1, -0.05) is 6.42 Å². The van der Waals surface area contributed by atoms with Crippen molar-refractivity contribution in [3.05, 3.63) is 0 Å². The summed E-state index contributed by atoms with van der Waals surface area (Å²) in [4.78, 5) is 2.80. The first kappa shape index (κ1) is 11.9.